The Balaban J connectivity index is 1.83. The van der Waals surface area contributed by atoms with Gasteiger partial charge in [-0.25, -0.2) is 0 Å². The molecule has 0 bridgehead atoms. The zero-order valence-electron chi connectivity index (χ0n) is 13.7. The van der Waals surface area contributed by atoms with Crippen molar-refractivity contribution in [3.05, 3.63) is 58.7 Å². The van der Waals surface area contributed by atoms with E-state index >= 15 is 0 Å². The highest BCUT2D eigenvalue weighted by Crippen LogP contribution is 2.50. The Kier molecular flexibility index (Phi) is 3.53. The van der Waals surface area contributed by atoms with Gasteiger partial charge >= 0.3 is 0 Å². The first-order valence-corrected chi connectivity index (χ1v) is 8.41. The molecule has 0 radical (unpaired) electrons. The van der Waals surface area contributed by atoms with E-state index in [4.69, 9.17) is 4.74 Å². The fourth-order valence-electron chi connectivity index (χ4n) is 4.20. The molecule has 23 heavy (non-hydrogen) atoms. The predicted molar refractivity (Wildman–Crippen MR) is 91.8 cm³/mol. The van der Waals surface area contributed by atoms with Crippen LogP contribution in [-0.2, 0) is 4.74 Å². The van der Waals surface area contributed by atoms with Crippen molar-refractivity contribution in [1.29, 1.82) is 0 Å². The molecule has 120 valence electrons. The number of nitrogens with one attached hydrogen (secondary N) is 1. The summed E-state index contributed by atoms with van der Waals surface area (Å²) in [6.07, 6.45) is 2.38. The number of rotatable bonds is 1. The number of hydrogen-bond acceptors (Lipinski definition) is 3. The highest BCUT2D eigenvalue weighted by Gasteiger charge is 2.40. The van der Waals surface area contributed by atoms with Gasteiger partial charge in [0.15, 0.2) is 0 Å². The maximum atomic E-state index is 9.87. The molecule has 2 N–H and O–H groups in total. The lowest BCUT2D eigenvalue weighted by atomic mass is 9.76. The number of ether oxygens (including phenoxy) is 1. The Morgan fingerprint density at radius 1 is 1.17 bits per heavy atom. The molecule has 3 heteroatoms. The third-order valence-electron chi connectivity index (χ3n) is 5.14. The second-order valence-electron chi connectivity index (χ2n) is 6.86. The van der Waals surface area contributed by atoms with Crippen molar-refractivity contribution >= 4 is 5.69 Å². The van der Waals surface area contributed by atoms with E-state index in [2.05, 4.69) is 37.4 Å². The highest BCUT2D eigenvalue weighted by molar-refractivity contribution is 5.63. The lowest BCUT2D eigenvalue weighted by Gasteiger charge is -2.44. The van der Waals surface area contributed by atoms with Crippen molar-refractivity contribution in [2.45, 2.75) is 38.8 Å². The van der Waals surface area contributed by atoms with E-state index in [9.17, 15) is 5.11 Å². The van der Waals surface area contributed by atoms with Crippen molar-refractivity contribution in [3.63, 3.8) is 0 Å². The van der Waals surface area contributed by atoms with E-state index in [1.54, 1.807) is 6.07 Å². The highest BCUT2D eigenvalue weighted by atomic mass is 16.5. The van der Waals surface area contributed by atoms with Crippen LogP contribution in [0.4, 0.5) is 5.69 Å². The van der Waals surface area contributed by atoms with E-state index in [1.165, 1.54) is 22.4 Å². The van der Waals surface area contributed by atoms with E-state index in [-0.39, 0.29) is 12.1 Å². The average Bonchev–Trinajstić information content (AvgIpc) is 2.54. The summed E-state index contributed by atoms with van der Waals surface area (Å²) in [5.41, 5.74) is 6.18. The largest absolute Gasteiger partial charge is 0.508 e. The molecule has 0 saturated carbocycles. The molecule has 3 atom stereocenters. The minimum Gasteiger partial charge on any atom is -0.508 e. The molecule has 4 rings (SSSR count). The molecule has 1 saturated heterocycles. The van der Waals surface area contributed by atoms with Crippen LogP contribution in [0.1, 0.15) is 47.2 Å². The number of hydrogen-bond donors (Lipinski definition) is 2. The molecule has 3 unspecified atom stereocenters. The van der Waals surface area contributed by atoms with Crippen LogP contribution in [0.2, 0.25) is 0 Å². The summed E-state index contributed by atoms with van der Waals surface area (Å²) in [5, 5.41) is 13.6. The van der Waals surface area contributed by atoms with Crippen molar-refractivity contribution < 1.29 is 9.84 Å². The van der Waals surface area contributed by atoms with Crippen molar-refractivity contribution in [3.8, 4) is 5.75 Å². The third kappa shape index (κ3) is 2.49. The first-order chi connectivity index (χ1) is 11.1. The van der Waals surface area contributed by atoms with Gasteiger partial charge < -0.3 is 15.2 Å². The van der Waals surface area contributed by atoms with Gasteiger partial charge in [0.1, 0.15) is 5.75 Å². The summed E-state index contributed by atoms with van der Waals surface area (Å²) >= 11 is 0. The fraction of sp³-hybridized carbons (Fsp3) is 0.400. The average molecular weight is 309 g/mol. The Hall–Kier alpha value is -2.00. The molecule has 2 aromatic rings. The van der Waals surface area contributed by atoms with Gasteiger partial charge in [-0.1, -0.05) is 29.8 Å². The van der Waals surface area contributed by atoms with E-state index < -0.39 is 0 Å². The molecule has 2 aliphatic heterocycles. The number of phenolic OH excluding ortho intramolecular Hbond substituents is 1. The summed E-state index contributed by atoms with van der Waals surface area (Å²) in [7, 11) is 0. The number of benzene rings is 2. The molecule has 0 spiro atoms. The molecule has 0 aromatic heterocycles. The lowest BCUT2D eigenvalue weighted by molar-refractivity contribution is -0.0382. The van der Waals surface area contributed by atoms with Crippen molar-refractivity contribution in [2.24, 2.45) is 5.92 Å². The quantitative estimate of drug-likeness (QED) is 0.806. The van der Waals surface area contributed by atoms with E-state index in [0.717, 1.165) is 25.0 Å². The summed E-state index contributed by atoms with van der Waals surface area (Å²) in [6, 6.07) is 12.3. The predicted octanol–water partition coefficient (Wildman–Crippen LogP) is 4.64. The van der Waals surface area contributed by atoms with Gasteiger partial charge in [0.2, 0.25) is 0 Å². The third-order valence-corrected chi connectivity index (χ3v) is 5.14. The normalized spacial score (nSPS) is 26.1. The fourth-order valence-corrected chi connectivity index (χ4v) is 4.20. The lowest BCUT2D eigenvalue weighted by Crippen LogP contribution is -2.36. The number of anilines is 1. The molecule has 3 nitrogen and oxygen atoms in total. The Labute approximate surface area is 137 Å². The zero-order chi connectivity index (χ0) is 16.0. The Morgan fingerprint density at radius 3 is 2.87 bits per heavy atom. The van der Waals surface area contributed by atoms with E-state index in [1.807, 2.05) is 12.1 Å². The molecule has 2 aromatic carbocycles. The summed E-state index contributed by atoms with van der Waals surface area (Å²) in [4.78, 5) is 0. The molecule has 2 aliphatic rings. The topological polar surface area (TPSA) is 41.5 Å². The standard InChI is InChI=1S/C20H23NO2/c1-12-9-13(2)18-17(10-12)20-16(7-4-8-23-20)19(21-18)14-5-3-6-15(22)11-14/h3,5-6,9-11,16,19-22H,4,7-8H2,1-2H3. The van der Waals surface area contributed by atoms with E-state index in [0.29, 0.717) is 11.7 Å². The van der Waals surface area contributed by atoms with Gasteiger partial charge in [0.25, 0.3) is 0 Å². The van der Waals surface area contributed by atoms with Gasteiger partial charge in [-0.15, -0.1) is 0 Å². The van der Waals surface area contributed by atoms with Gasteiger partial charge in [-0.2, -0.15) is 0 Å². The van der Waals surface area contributed by atoms with Gasteiger partial charge in [0.05, 0.1) is 12.1 Å². The number of aromatic hydroxyl groups is 1. The Bertz CT molecular complexity index is 740. The maximum Gasteiger partial charge on any atom is 0.115 e. The molecule has 0 aliphatic carbocycles. The van der Waals surface area contributed by atoms with Crippen molar-refractivity contribution in [2.75, 3.05) is 11.9 Å². The number of phenols is 1. The molecule has 2 heterocycles. The number of fused-ring (bicyclic) bond motifs is 3. The van der Waals surface area contributed by atoms with Crippen LogP contribution < -0.4 is 5.32 Å². The van der Waals surface area contributed by atoms with Gasteiger partial charge in [-0.3, -0.25) is 0 Å². The maximum absolute atomic E-state index is 9.87. The second-order valence-corrected chi connectivity index (χ2v) is 6.86. The van der Waals surface area contributed by atoms with Gasteiger partial charge in [0, 0.05) is 23.8 Å². The molecule has 0 amide bonds. The van der Waals surface area contributed by atoms with Crippen LogP contribution in [-0.4, -0.2) is 11.7 Å². The summed E-state index contributed by atoms with van der Waals surface area (Å²) in [5.74, 6) is 0.725. The SMILES string of the molecule is Cc1cc(C)c2c(c1)C1OCCCC1C(c1cccc(O)c1)N2. The first-order valence-electron chi connectivity index (χ1n) is 8.41. The zero-order valence-corrected chi connectivity index (χ0v) is 13.7. The minimum absolute atomic E-state index is 0.144. The smallest absolute Gasteiger partial charge is 0.115 e. The minimum atomic E-state index is 0.144. The van der Waals surface area contributed by atoms with Crippen LogP contribution in [0.25, 0.3) is 0 Å². The first kappa shape index (κ1) is 14.6. The monoisotopic (exact) mass is 309 g/mol. The van der Waals surface area contributed by atoms with Gasteiger partial charge in [-0.05, 0) is 49.9 Å². The Morgan fingerprint density at radius 2 is 2.04 bits per heavy atom. The van der Waals surface area contributed by atoms with Crippen LogP contribution in [0.3, 0.4) is 0 Å². The molecular weight excluding hydrogens is 286 g/mol. The molecule has 1 fully saturated rings. The van der Waals surface area contributed by atoms with Crippen LogP contribution >= 0.6 is 0 Å². The second kappa shape index (κ2) is 5.57. The molecular formula is C20H23NO2. The summed E-state index contributed by atoms with van der Waals surface area (Å²) < 4.78 is 6.20. The van der Waals surface area contributed by atoms with Crippen LogP contribution in [0.5, 0.6) is 5.75 Å². The summed E-state index contributed by atoms with van der Waals surface area (Å²) in [6.45, 7) is 5.13. The van der Waals surface area contributed by atoms with Crippen molar-refractivity contribution in [1.82, 2.24) is 0 Å². The van der Waals surface area contributed by atoms with Crippen LogP contribution in [0, 0.1) is 19.8 Å². The number of aryl methyl sites for hydroxylation is 2. The van der Waals surface area contributed by atoms with Crippen LogP contribution in [0.15, 0.2) is 36.4 Å².